The van der Waals surface area contributed by atoms with Crippen LogP contribution in [0.4, 0.5) is 4.79 Å². The largest absolute Gasteiger partial charge is 0.454 e. The molecule has 150 valence electrons. The molecule has 0 radical (unpaired) electrons. The van der Waals surface area contributed by atoms with Crippen LogP contribution in [0.25, 0.3) is 0 Å². The number of ether oxygens (including phenoxy) is 1. The van der Waals surface area contributed by atoms with Gasteiger partial charge in [0.05, 0.1) is 0 Å². The van der Waals surface area contributed by atoms with Crippen molar-refractivity contribution in [1.29, 1.82) is 0 Å². The highest BCUT2D eigenvalue weighted by Gasteiger charge is 2.57. The van der Waals surface area contributed by atoms with E-state index in [1.165, 1.54) is 0 Å². The lowest BCUT2D eigenvalue weighted by Crippen LogP contribution is -2.47. The van der Waals surface area contributed by atoms with Crippen molar-refractivity contribution >= 4 is 35.6 Å². The highest BCUT2D eigenvalue weighted by Crippen LogP contribution is 2.54. The number of esters is 1. The number of benzene rings is 1. The average Bonchev–Trinajstić information content (AvgIpc) is 3.24. The fraction of sp³-hybridized carbons (Fsp3) is 0.474. The lowest BCUT2D eigenvalue weighted by molar-refractivity contribution is -0.156. The molecule has 1 aromatic carbocycles. The number of urea groups is 1. The summed E-state index contributed by atoms with van der Waals surface area (Å²) in [7, 11) is 0. The minimum Gasteiger partial charge on any atom is -0.454 e. The first kappa shape index (κ1) is 20.2. The average molecular weight is 405 g/mol. The predicted molar refractivity (Wildman–Crippen MR) is 103 cm³/mol. The van der Waals surface area contributed by atoms with Crippen molar-refractivity contribution in [3.8, 4) is 0 Å². The zero-order valence-corrected chi connectivity index (χ0v) is 16.4. The summed E-state index contributed by atoms with van der Waals surface area (Å²) in [4.78, 5) is 49.3. The molecular formula is C19H23N3O5S. The number of hydrogen-bond acceptors (Lipinski definition) is 6. The summed E-state index contributed by atoms with van der Waals surface area (Å²) < 4.78 is 5.09. The number of nitrogens with one attached hydrogen (secondary N) is 2. The molecule has 9 heteroatoms. The maximum absolute atomic E-state index is 12.6. The fourth-order valence-electron chi connectivity index (χ4n) is 3.49. The van der Waals surface area contributed by atoms with E-state index in [0.717, 1.165) is 12.0 Å². The zero-order chi connectivity index (χ0) is 20.1. The molecule has 2 aliphatic rings. The Bertz CT molecular complexity index is 772. The van der Waals surface area contributed by atoms with Crippen LogP contribution in [-0.2, 0) is 24.0 Å². The molecule has 2 aliphatic heterocycles. The fourth-order valence-corrected chi connectivity index (χ4v) is 5.13. The summed E-state index contributed by atoms with van der Waals surface area (Å²) in [6.45, 7) is 1.76. The molecule has 2 N–H and O–H groups in total. The van der Waals surface area contributed by atoms with Gasteiger partial charge in [-0.15, -0.1) is 11.8 Å². The molecular weight excluding hydrogens is 382 g/mol. The van der Waals surface area contributed by atoms with Gasteiger partial charge in [-0.2, -0.15) is 0 Å². The molecule has 0 bridgehead atoms. The first-order chi connectivity index (χ1) is 13.5. The van der Waals surface area contributed by atoms with Crippen LogP contribution >= 0.6 is 11.8 Å². The van der Waals surface area contributed by atoms with Crippen LogP contribution in [-0.4, -0.2) is 53.7 Å². The first-order valence-electron chi connectivity index (χ1n) is 9.24. The molecule has 2 heterocycles. The molecule has 28 heavy (non-hydrogen) atoms. The van der Waals surface area contributed by atoms with Crippen molar-refractivity contribution < 1.29 is 23.9 Å². The lowest BCUT2D eigenvalue weighted by Gasteiger charge is -2.33. The van der Waals surface area contributed by atoms with Crippen molar-refractivity contribution in [2.45, 2.75) is 37.1 Å². The van der Waals surface area contributed by atoms with Gasteiger partial charge in [0, 0.05) is 18.7 Å². The van der Waals surface area contributed by atoms with Gasteiger partial charge in [-0.05, 0) is 18.4 Å². The molecule has 0 spiro atoms. The van der Waals surface area contributed by atoms with E-state index in [2.05, 4.69) is 10.6 Å². The minimum atomic E-state index is -0.748. The summed E-state index contributed by atoms with van der Waals surface area (Å²) >= 11 is 1.55. The van der Waals surface area contributed by atoms with Gasteiger partial charge in [-0.3, -0.25) is 14.9 Å². The Morgan fingerprint density at radius 1 is 1.29 bits per heavy atom. The van der Waals surface area contributed by atoms with Gasteiger partial charge in [-0.1, -0.05) is 37.3 Å². The number of carbonyl (C=O) groups is 4. The third-order valence-corrected chi connectivity index (χ3v) is 6.35. The molecule has 2 saturated heterocycles. The monoisotopic (exact) mass is 405 g/mol. The quantitative estimate of drug-likeness (QED) is 0.693. The number of imide groups is 1. The number of rotatable bonds is 6. The van der Waals surface area contributed by atoms with Crippen LogP contribution in [0.1, 0.15) is 31.7 Å². The summed E-state index contributed by atoms with van der Waals surface area (Å²) in [6.07, 6.45) is 1.73. The van der Waals surface area contributed by atoms with Crippen molar-refractivity contribution in [3.05, 3.63) is 35.9 Å². The van der Waals surface area contributed by atoms with Gasteiger partial charge >= 0.3 is 12.0 Å². The summed E-state index contributed by atoms with van der Waals surface area (Å²) in [6, 6.07) is 8.25. The van der Waals surface area contributed by atoms with Crippen molar-refractivity contribution in [2.24, 2.45) is 0 Å². The molecule has 0 aromatic heterocycles. The molecule has 0 saturated carbocycles. The van der Waals surface area contributed by atoms with Gasteiger partial charge in [0.1, 0.15) is 10.9 Å². The maximum Gasteiger partial charge on any atom is 0.330 e. The van der Waals surface area contributed by atoms with Gasteiger partial charge in [-0.25, -0.2) is 9.59 Å². The van der Waals surface area contributed by atoms with E-state index in [-0.39, 0.29) is 5.91 Å². The van der Waals surface area contributed by atoms with Gasteiger partial charge in [0.2, 0.25) is 5.91 Å². The topological polar surface area (TPSA) is 105 Å². The molecule has 0 aliphatic carbocycles. The minimum absolute atomic E-state index is 0.0980. The van der Waals surface area contributed by atoms with Crippen LogP contribution in [0.3, 0.4) is 0 Å². The molecule has 2 atom stereocenters. The number of hydrogen-bond donors (Lipinski definition) is 2. The van der Waals surface area contributed by atoms with Crippen molar-refractivity contribution in [2.75, 3.05) is 18.9 Å². The second kappa shape index (κ2) is 8.64. The zero-order valence-electron chi connectivity index (χ0n) is 15.6. The lowest BCUT2D eigenvalue weighted by atomic mass is 10.0. The van der Waals surface area contributed by atoms with E-state index in [1.807, 2.05) is 37.3 Å². The smallest absolute Gasteiger partial charge is 0.330 e. The van der Waals surface area contributed by atoms with Crippen LogP contribution < -0.4 is 10.6 Å². The SMILES string of the molecule is CCCNC(=O)NC(=O)COC(=O)[C@@H]1CS[C@@]2(c3ccccc3)CCC(=O)N12. The van der Waals surface area contributed by atoms with Crippen LogP contribution in [0.15, 0.2) is 30.3 Å². The number of nitrogens with zero attached hydrogens (tertiary/aromatic N) is 1. The third kappa shape index (κ3) is 3.99. The Morgan fingerprint density at radius 2 is 2.04 bits per heavy atom. The maximum atomic E-state index is 12.6. The van der Waals surface area contributed by atoms with E-state index in [0.29, 0.717) is 25.1 Å². The number of thioether (sulfide) groups is 1. The van der Waals surface area contributed by atoms with Crippen LogP contribution in [0.2, 0.25) is 0 Å². The Kier molecular flexibility index (Phi) is 6.23. The molecule has 1 aromatic rings. The normalized spacial score (nSPS) is 23.2. The van der Waals surface area contributed by atoms with Gasteiger partial charge in [0.25, 0.3) is 5.91 Å². The van der Waals surface area contributed by atoms with Crippen LogP contribution in [0.5, 0.6) is 0 Å². The summed E-state index contributed by atoms with van der Waals surface area (Å²) in [5.74, 6) is -1.04. The molecule has 8 nitrogen and oxygen atoms in total. The molecule has 3 rings (SSSR count). The number of fused-ring (bicyclic) bond motifs is 1. The molecule has 2 fully saturated rings. The van der Waals surface area contributed by atoms with E-state index in [4.69, 9.17) is 4.74 Å². The van der Waals surface area contributed by atoms with E-state index in [1.54, 1.807) is 16.7 Å². The highest BCUT2D eigenvalue weighted by atomic mass is 32.2. The second-order valence-corrected chi connectivity index (χ2v) is 7.95. The predicted octanol–water partition coefficient (Wildman–Crippen LogP) is 1.36. The summed E-state index contributed by atoms with van der Waals surface area (Å²) in [5, 5.41) is 4.59. The van der Waals surface area contributed by atoms with Gasteiger partial charge < -0.3 is 15.0 Å². The Morgan fingerprint density at radius 3 is 2.75 bits per heavy atom. The Balaban J connectivity index is 1.61. The second-order valence-electron chi connectivity index (χ2n) is 6.65. The first-order valence-corrected chi connectivity index (χ1v) is 10.2. The van der Waals surface area contributed by atoms with E-state index in [9.17, 15) is 19.2 Å². The van der Waals surface area contributed by atoms with Gasteiger partial charge in [0.15, 0.2) is 6.61 Å². The number of amides is 4. The molecule has 4 amide bonds. The third-order valence-electron chi connectivity index (χ3n) is 4.76. The van der Waals surface area contributed by atoms with E-state index >= 15 is 0 Å². The molecule has 0 unspecified atom stereocenters. The summed E-state index contributed by atoms with van der Waals surface area (Å²) in [5.41, 5.74) is 0.978. The van der Waals surface area contributed by atoms with E-state index < -0.39 is 35.4 Å². The number of carbonyl (C=O) groups excluding carboxylic acids is 4. The van der Waals surface area contributed by atoms with Crippen molar-refractivity contribution in [1.82, 2.24) is 15.5 Å². The Hall–Kier alpha value is -2.55. The Labute approximate surface area is 167 Å². The van der Waals surface area contributed by atoms with Crippen LogP contribution in [0, 0.1) is 0 Å². The highest BCUT2D eigenvalue weighted by molar-refractivity contribution is 8.00. The van der Waals surface area contributed by atoms with Crippen molar-refractivity contribution in [3.63, 3.8) is 0 Å². The standard InChI is InChI=1S/C19H23N3O5S/c1-2-10-20-18(26)21-15(23)11-27-17(25)14-12-28-19(9-8-16(24)22(14)19)13-6-4-3-5-7-13/h3-7,14H,2,8-12H2,1H3,(H2,20,21,23,26)/t14-,19+/m0/s1.